The topological polar surface area (TPSA) is 64.7 Å². The molecule has 0 radical (unpaired) electrons. The number of nitro groups is 1. The third kappa shape index (κ3) is 4.00. The average Bonchev–Trinajstić information content (AvgIpc) is 2.69. The number of benzene rings is 3. The van der Waals surface area contributed by atoms with Crippen LogP contribution in [-0.2, 0) is 0 Å². The Morgan fingerprint density at radius 3 is 2.34 bits per heavy atom. The summed E-state index contributed by atoms with van der Waals surface area (Å²) in [6, 6.07) is 19.9. The van der Waals surface area contributed by atoms with Crippen molar-refractivity contribution in [3.8, 4) is 16.9 Å². The minimum absolute atomic E-state index is 0.00900. The van der Waals surface area contributed by atoms with E-state index in [1.54, 1.807) is 24.3 Å². The van der Waals surface area contributed by atoms with Crippen molar-refractivity contribution in [2.75, 3.05) is 0 Å². The fourth-order valence-corrected chi connectivity index (χ4v) is 3.58. The van der Waals surface area contributed by atoms with Crippen LogP contribution in [0.2, 0.25) is 5.02 Å². The lowest BCUT2D eigenvalue weighted by Gasteiger charge is -2.34. The van der Waals surface area contributed by atoms with Gasteiger partial charge in [-0.2, -0.15) is 0 Å². The molecule has 0 saturated heterocycles. The third-order valence-corrected chi connectivity index (χ3v) is 4.99. The smallest absolute Gasteiger partial charge is 0.270 e. The highest BCUT2D eigenvalue weighted by Crippen LogP contribution is 2.43. The molecule has 0 spiro atoms. The summed E-state index contributed by atoms with van der Waals surface area (Å²) >= 11 is 5.98. The van der Waals surface area contributed by atoms with E-state index in [1.807, 2.05) is 56.3 Å². The molecule has 4 rings (SSSR count). The van der Waals surface area contributed by atoms with E-state index in [0.29, 0.717) is 28.3 Å². The highest BCUT2D eigenvalue weighted by molar-refractivity contribution is 6.30. The first-order valence-electron chi connectivity index (χ1n) is 9.23. The van der Waals surface area contributed by atoms with E-state index in [-0.39, 0.29) is 10.6 Å². The molecule has 0 fully saturated rings. The summed E-state index contributed by atoms with van der Waals surface area (Å²) in [5.41, 5.74) is 3.18. The second-order valence-electron chi connectivity index (χ2n) is 7.57. The number of hydrogen-bond donors (Lipinski definition) is 0. The zero-order valence-electron chi connectivity index (χ0n) is 16.1. The van der Waals surface area contributed by atoms with Crippen molar-refractivity contribution in [2.45, 2.75) is 25.9 Å². The molecule has 0 aromatic heterocycles. The van der Waals surface area contributed by atoms with Gasteiger partial charge in [0, 0.05) is 34.7 Å². The van der Waals surface area contributed by atoms with Gasteiger partial charge in [0.25, 0.3) is 5.69 Å². The fraction of sp³-hybridized carbons (Fsp3) is 0.174. The van der Waals surface area contributed by atoms with E-state index >= 15 is 0 Å². The average molecular weight is 407 g/mol. The van der Waals surface area contributed by atoms with Crippen molar-refractivity contribution in [3.05, 3.63) is 87.4 Å². The Kier molecular flexibility index (Phi) is 4.84. The molecule has 0 aliphatic carbocycles. The fourth-order valence-electron chi connectivity index (χ4n) is 3.46. The summed E-state index contributed by atoms with van der Waals surface area (Å²) in [6.45, 7) is 3.98. The minimum Gasteiger partial charge on any atom is -0.486 e. The van der Waals surface area contributed by atoms with Gasteiger partial charge in [-0.05, 0) is 43.7 Å². The van der Waals surface area contributed by atoms with E-state index in [4.69, 9.17) is 21.3 Å². The van der Waals surface area contributed by atoms with Gasteiger partial charge in [0.2, 0.25) is 0 Å². The predicted molar refractivity (Wildman–Crippen MR) is 116 cm³/mol. The van der Waals surface area contributed by atoms with Gasteiger partial charge in [0.05, 0.1) is 16.3 Å². The molecule has 1 heterocycles. The van der Waals surface area contributed by atoms with Crippen LogP contribution in [-0.4, -0.2) is 16.2 Å². The first-order chi connectivity index (χ1) is 13.8. The van der Waals surface area contributed by atoms with Crippen LogP contribution in [0.15, 0.2) is 71.7 Å². The van der Waals surface area contributed by atoms with Crippen molar-refractivity contribution in [1.82, 2.24) is 0 Å². The van der Waals surface area contributed by atoms with Gasteiger partial charge in [-0.1, -0.05) is 41.9 Å². The summed E-state index contributed by atoms with van der Waals surface area (Å²) in [5.74, 6) is 0.616. The van der Waals surface area contributed by atoms with Crippen molar-refractivity contribution >= 4 is 28.7 Å². The molecule has 0 unspecified atom stereocenters. The molecule has 1 aliphatic rings. The Hall–Kier alpha value is -3.18. The maximum absolute atomic E-state index is 11.6. The number of nitrogens with zero attached hydrogens (tertiary/aromatic N) is 2. The molecule has 0 bridgehead atoms. The number of rotatable bonds is 3. The van der Waals surface area contributed by atoms with E-state index in [1.165, 1.54) is 0 Å². The van der Waals surface area contributed by atoms with Crippen LogP contribution in [0.4, 0.5) is 11.4 Å². The Morgan fingerprint density at radius 1 is 1.03 bits per heavy atom. The van der Waals surface area contributed by atoms with Crippen LogP contribution in [0.3, 0.4) is 0 Å². The summed E-state index contributed by atoms with van der Waals surface area (Å²) in [5, 5.41) is 12.2. The van der Waals surface area contributed by atoms with Gasteiger partial charge in [-0.15, -0.1) is 0 Å². The highest BCUT2D eigenvalue weighted by Gasteiger charge is 2.34. The van der Waals surface area contributed by atoms with E-state index in [0.717, 1.165) is 17.0 Å². The maximum atomic E-state index is 11.6. The predicted octanol–water partition coefficient (Wildman–Crippen LogP) is 6.60. The number of fused-ring (bicyclic) bond motifs is 1. The molecule has 29 heavy (non-hydrogen) atoms. The summed E-state index contributed by atoms with van der Waals surface area (Å²) < 4.78 is 6.30. The molecule has 1 aliphatic heterocycles. The van der Waals surface area contributed by atoms with Gasteiger partial charge >= 0.3 is 0 Å². The number of halogens is 1. The number of aliphatic imine (C=N–C) groups is 1. The van der Waals surface area contributed by atoms with E-state index in [9.17, 15) is 10.1 Å². The summed E-state index contributed by atoms with van der Waals surface area (Å²) in [6.07, 6.45) is 0.526. The zero-order chi connectivity index (χ0) is 20.6. The number of hydrogen-bond acceptors (Lipinski definition) is 4. The van der Waals surface area contributed by atoms with Gasteiger partial charge in [0.15, 0.2) is 0 Å². The van der Waals surface area contributed by atoms with Gasteiger partial charge in [-0.3, -0.25) is 15.1 Å². The van der Waals surface area contributed by atoms with E-state index < -0.39 is 5.60 Å². The Balaban J connectivity index is 1.96. The molecule has 0 amide bonds. The second-order valence-corrected chi connectivity index (χ2v) is 8.00. The molecule has 6 heteroatoms. The monoisotopic (exact) mass is 406 g/mol. The second kappa shape index (κ2) is 7.33. The van der Waals surface area contributed by atoms with Crippen LogP contribution in [0.1, 0.15) is 25.8 Å². The van der Waals surface area contributed by atoms with Crippen LogP contribution in [0, 0.1) is 10.1 Å². The number of ether oxygens (including phenoxy) is 1. The van der Waals surface area contributed by atoms with Crippen molar-refractivity contribution in [2.24, 2.45) is 4.99 Å². The van der Waals surface area contributed by atoms with Gasteiger partial charge in [-0.25, -0.2) is 0 Å². The normalized spacial score (nSPS) is 16.2. The number of non-ortho nitro benzene ring substituents is 1. The van der Waals surface area contributed by atoms with Crippen LogP contribution in [0.5, 0.6) is 5.75 Å². The number of nitro benzene ring substituents is 1. The SMILES string of the molecule is CC1(C)CC(=Nc2ccc(Cl)cc2)c2cc([N+](=O)[O-])cc(-c3ccccc3)c2O1. The largest absolute Gasteiger partial charge is 0.486 e. The maximum Gasteiger partial charge on any atom is 0.270 e. The molecule has 3 aromatic carbocycles. The molecular formula is C23H19ClN2O3. The quantitative estimate of drug-likeness (QED) is 0.363. The lowest BCUT2D eigenvalue weighted by Crippen LogP contribution is -2.36. The molecule has 0 saturated carbocycles. The Labute approximate surface area is 173 Å². The summed E-state index contributed by atoms with van der Waals surface area (Å²) in [7, 11) is 0. The van der Waals surface area contributed by atoms with Crippen LogP contribution in [0.25, 0.3) is 11.1 Å². The minimum atomic E-state index is -0.502. The first-order valence-corrected chi connectivity index (χ1v) is 9.61. The highest BCUT2D eigenvalue weighted by atomic mass is 35.5. The third-order valence-electron chi connectivity index (χ3n) is 4.74. The lowest BCUT2D eigenvalue weighted by atomic mass is 9.88. The van der Waals surface area contributed by atoms with Gasteiger partial charge < -0.3 is 4.74 Å². The van der Waals surface area contributed by atoms with Gasteiger partial charge in [0.1, 0.15) is 11.4 Å². The van der Waals surface area contributed by atoms with Crippen LogP contribution < -0.4 is 4.74 Å². The van der Waals surface area contributed by atoms with Crippen molar-refractivity contribution in [1.29, 1.82) is 0 Å². The van der Waals surface area contributed by atoms with Crippen molar-refractivity contribution in [3.63, 3.8) is 0 Å². The van der Waals surface area contributed by atoms with Crippen molar-refractivity contribution < 1.29 is 9.66 Å². The molecule has 3 aromatic rings. The molecular weight excluding hydrogens is 388 g/mol. The Bertz CT molecular complexity index is 1110. The molecule has 5 nitrogen and oxygen atoms in total. The summed E-state index contributed by atoms with van der Waals surface area (Å²) in [4.78, 5) is 16.0. The van der Waals surface area contributed by atoms with Crippen LogP contribution >= 0.6 is 11.6 Å². The lowest BCUT2D eigenvalue weighted by molar-refractivity contribution is -0.384. The molecule has 0 N–H and O–H groups in total. The molecule has 0 atom stereocenters. The first kappa shape index (κ1) is 19.2. The Morgan fingerprint density at radius 2 is 1.69 bits per heavy atom. The zero-order valence-corrected chi connectivity index (χ0v) is 16.8. The molecule has 146 valence electrons. The standard InChI is InChI=1S/C23H19ClN2O3/c1-23(2)14-21(25-17-10-8-16(24)9-11-17)20-13-18(26(27)28)12-19(22(20)29-23)15-6-4-3-5-7-15/h3-13H,14H2,1-2H3. The van der Waals surface area contributed by atoms with E-state index in [2.05, 4.69) is 0 Å².